The fourth-order valence-electron chi connectivity index (χ4n) is 4.87. The monoisotopic (exact) mass is 373 g/mol. The zero-order valence-corrected chi connectivity index (χ0v) is 15.4. The molecule has 3 radical (unpaired) electrons. The van der Waals surface area contributed by atoms with Crippen molar-refractivity contribution in [2.45, 2.75) is 55.2 Å². The highest BCUT2D eigenvalue weighted by Crippen LogP contribution is 2.69. The van der Waals surface area contributed by atoms with E-state index >= 15 is 0 Å². The fourth-order valence-corrected chi connectivity index (χ4v) is 4.87. The number of hydrazone groups is 1. The van der Waals surface area contributed by atoms with E-state index in [1.165, 1.54) is 0 Å². The zero-order valence-electron chi connectivity index (χ0n) is 15.4. The van der Waals surface area contributed by atoms with Crippen molar-refractivity contribution in [3.05, 3.63) is 0 Å². The van der Waals surface area contributed by atoms with Crippen LogP contribution in [0.3, 0.4) is 0 Å². The lowest BCUT2D eigenvalue weighted by Crippen LogP contribution is -2.55. The predicted molar refractivity (Wildman–Crippen MR) is 103 cm³/mol. The molecule has 145 valence electrons. The second-order valence-corrected chi connectivity index (χ2v) is 7.83. The van der Waals surface area contributed by atoms with Crippen LogP contribution in [0.1, 0.15) is 38.5 Å². The van der Waals surface area contributed by atoms with E-state index in [1.54, 1.807) is 0 Å². The highest BCUT2D eigenvalue weighted by molar-refractivity contribution is 6.72. The highest BCUT2D eigenvalue weighted by atomic mass is 16.5. The molecule has 11 heteroatoms. The average Bonchev–Trinajstić information content (AvgIpc) is 3.26. The Kier molecular flexibility index (Phi) is 6.00. The van der Waals surface area contributed by atoms with E-state index in [4.69, 9.17) is 24.2 Å². The van der Waals surface area contributed by atoms with Crippen LogP contribution in [-0.4, -0.2) is 57.9 Å². The molecule has 0 aromatic carbocycles. The van der Waals surface area contributed by atoms with Gasteiger partial charge in [0.05, 0.1) is 14.4 Å². The zero-order chi connectivity index (χ0) is 19.5. The van der Waals surface area contributed by atoms with E-state index in [-0.39, 0.29) is 17.9 Å². The van der Waals surface area contributed by atoms with Crippen LogP contribution in [-0.2, 0) is 14.3 Å². The second kappa shape index (κ2) is 8.10. The van der Waals surface area contributed by atoms with Crippen molar-refractivity contribution >= 4 is 33.3 Å². The van der Waals surface area contributed by atoms with E-state index in [0.717, 1.165) is 25.7 Å². The van der Waals surface area contributed by atoms with Crippen molar-refractivity contribution in [2.75, 3.05) is 13.2 Å². The third-order valence-corrected chi connectivity index (χ3v) is 6.29. The number of carbonyl (C=O) groups excluding carboxylic acids is 2. The SMILES string of the molecule is [B]C12[B]C13CCC(CC/C(N)=N/NN)CC3CC(C(=O)OCCNC=O)N2. The largest absolute Gasteiger partial charge is 0.463 e. The van der Waals surface area contributed by atoms with Crippen LogP contribution in [0.2, 0.25) is 5.31 Å². The van der Waals surface area contributed by atoms with Crippen LogP contribution in [0, 0.1) is 11.8 Å². The van der Waals surface area contributed by atoms with Crippen LogP contribution >= 0.6 is 0 Å². The number of amidine groups is 1. The molecule has 5 unspecified atom stereocenters. The minimum Gasteiger partial charge on any atom is -0.463 e. The minimum absolute atomic E-state index is 0.0161. The first-order valence-corrected chi connectivity index (χ1v) is 9.49. The molecule has 1 spiro atoms. The number of nitrogens with two attached hydrogens (primary N) is 2. The van der Waals surface area contributed by atoms with Gasteiger partial charge in [-0.2, -0.15) is 5.10 Å². The molecule has 1 saturated carbocycles. The van der Waals surface area contributed by atoms with Gasteiger partial charge in [0.25, 0.3) is 0 Å². The van der Waals surface area contributed by atoms with Gasteiger partial charge in [0.2, 0.25) is 6.41 Å². The topological polar surface area (TPSA) is 144 Å². The summed E-state index contributed by atoms with van der Waals surface area (Å²) in [6.07, 6.45) is 6.04. The molecule has 1 amide bonds. The Morgan fingerprint density at radius 2 is 2.30 bits per heavy atom. The van der Waals surface area contributed by atoms with Crippen molar-refractivity contribution in [2.24, 2.45) is 28.5 Å². The van der Waals surface area contributed by atoms with Gasteiger partial charge in [-0.3, -0.25) is 9.59 Å². The van der Waals surface area contributed by atoms with Crippen LogP contribution in [0.15, 0.2) is 5.10 Å². The molecule has 0 aromatic heterocycles. The maximum absolute atomic E-state index is 12.4. The summed E-state index contributed by atoms with van der Waals surface area (Å²) in [6, 6.07) is -0.421. The van der Waals surface area contributed by atoms with E-state index in [9.17, 15) is 9.59 Å². The third kappa shape index (κ3) is 4.08. The quantitative estimate of drug-likeness (QED) is 0.0472. The molecule has 7 N–H and O–H groups in total. The highest BCUT2D eigenvalue weighted by Gasteiger charge is 2.71. The van der Waals surface area contributed by atoms with Crippen molar-refractivity contribution in [1.29, 1.82) is 0 Å². The van der Waals surface area contributed by atoms with Gasteiger partial charge in [0.1, 0.15) is 25.8 Å². The number of carbonyl (C=O) groups is 2. The smallest absolute Gasteiger partial charge is 0.323 e. The van der Waals surface area contributed by atoms with Gasteiger partial charge in [-0.05, 0) is 36.4 Å². The summed E-state index contributed by atoms with van der Waals surface area (Å²) in [5.41, 5.74) is 8.02. The Hall–Kier alpha value is -1.74. The molecule has 2 heterocycles. The molecule has 9 nitrogen and oxygen atoms in total. The van der Waals surface area contributed by atoms with Gasteiger partial charge in [0.15, 0.2) is 0 Å². The number of hydrogen-bond donors (Lipinski definition) is 5. The third-order valence-electron chi connectivity index (χ3n) is 6.29. The standard InChI is InChI=1S/C16H27B2N6O3/c17-16-15(18-16)4-3-10(1-2-13(19)23-24-20)7-11(15)8-12(22-16)14(26)27-6-5-21-9-25/h9-12,22,24H,1-8,20H2,(H2,19,23)(H,21,25). The van der Waals surface area contributed by atoms with Crippen molar-refractivity contribution in [1.82, 2.24) is 16.2 Å². The summed E-state index contributed by atoms with van der Waals surface area (Å²) >= 11 is 0. The van der Waals surface area contributed by atoms with Crippen molar-refractivity contribution in [3.8, 4) is 0 Å². The van der Waals surface area contributed by atoms with E-state index in [1.807, 2.05) is 0 Å². The first-order valence-electron chi connectivity index (χ1n) is 9.49. The summed E-state index contributed by atoms with van der Waals surface area (Å²) in [6.45, 7) is 0.460. The lowest BCUT2D eigenvalue weighted by Gasteiger charge is -2.47. The molecular formula is C16H27B2N6O3. The molecule has 1 aliphatic carbocycles. The normalized spacial score (nSPS) is 37.2. The van der Waals surface area contributed by atoms with Gasteiger partial charge in [-0.25, -0.2) is 11.4 Å². The Balaban J connectivity index is 1.55. The first-order chi connectivity index (χ1) is 12.9. The molecule has 0 aromatic rings. The molecular weight excluding hydrogens is 346 g/mol. The lowest BCUT2D eigenvalue weighted by molar-refractivity contribution is -0.147. The van der Waals surface area contributed by atoms with Gasteiger partial charge in [-0.1, -0.05) is 18.2 Å². The molecule has 3 aliphatic rings. The van der Waals surface area contributed by atoms with Crippen LogP contribution in [0.4, 0.5) is 0 Å². The number of nitrogens with one attached hydrogen (secondary N) is 3. The molecule has 3 rings (SSSR count). The van der Waals surface area contributed by atoms with Crippen LogP contribution in [0.5, 0.6) is 0 Å². The summed E-state index contributed by atoms with van der Waals surface area (Å²) < 4.78 is 5.26. The number of rotatable bonds is 9. The Morgan fingerprint density at radius 3 is 3.04 bits per heavy atom. The van der Waals surface area contributed by atoms with E-state index in [2.05, 4.69) is 28.5 Å². The summed E-state index contributed by atoms with van der Waals surface area (Å²) in [5, 5.41) is 8.94. The number of ether oxygens (including phenoxy) is 1. The summed E-state index contributed by atoms with van der Waals surface area (Å²) in [5.74, 6) is 6.21. The number of nitrogens with zero attached hydrogens (tertiary/aromatic N) is 1. The van der Waals surface area contributed by atoms with Crippen molar-refractivity contribution in [3.63, 3.8) is 0 Å². The summed E-state index contributed by atoms with van der Waals surface area (Å²) in [4.78, 5) is 22.6. The van der Waals surface area contributed by atoms with Gasteiger partial charge >= 0.3 is 5.97 Å². The molecule has 27 heavy (non-hydrogen) atoms. The minimum atomic E-state index is -0.588. The number of piperidine rings is 1. The maximum atomic E-state index is 12.4. The molecule has 5 atom stereocenters. The molecule has 2 saturated heterocycles. The van der Waals surface area contributed by atoms with Crippen LogP contribution in [0.25, 0.3) is 0 Å². The first kappa shape index (κ1) is 20.0. The van der Waals surface area contributed by atoms with Gasteiger partial charge in [-0.15, -0.1) is 0 Å². The van der Waals surface area contributed by atoms with Crippen LogP contribution < -0.4 is 27.7 Å². The average molecular weight is 373 g/mol. The summed E-state index contributed by atoms with van der Waals surface area (Å²) in [7, 11) is 8.68. The van der Waals surface area contributed by atoms with E-state index < -0.39 is 11.4 Å². The molecule has 0 bridgehead atoms. The number of amides is 1. The molecule has 3 fully saturated rings. The molecule has 2 aliphatic heterocycles. The number of hydrazine groups is 1. The Labute approximate surface area is 161 Å². The second-order valence-electron chi connectivity index (χ2n) is 7.83. The fraction of sp³-hybridized carbons (Fsp3) is 0.812. The Bertz CT molecular complexity index is 609. The van der Waals surface area contributed by atoms with Crippen molar-refractivity contribution < 1.29 is 14.3 Å². The number of hydrogen-bond acceptors (Lipinski definition) is 7. The van der Waals surface area contributed by atoms with Gasteiger partial charge < -0.3 is 21.1 Å². The number of esters is 1. The predicted octanol–water partition coefficient (Wildman–Crippen LogP) is -1.73. The van der Waals surface area contributed by atoms with E-state index in [0.29, 0.717) is 43.5 Å². The lowest BCUT2D eigenvalue weighted by atomic mass is 9.60. The van der Waals surface area contributed by atoms with Gasteiger partial charge in [0, 0.05) is 6.42 Å². The maximum Gasteiger partial charge on any atom is 0.323 e. The Morgan fingerprint density at radius 1 is 1.48 bits per heavy atom.